The van der Waals surface area contributed by atoms with Gasteiger partial charge in [0, 0.05) is 12.0 Å². The molecule has 3 aromatic carbocycles. The van der Waals surface area contributed by atoms with Gasteiger partial charge in [-0.15, -0.1) is 13.2 Å². The normalized spacial score (nSPS) is 22.5. The van der Waals surface area contributed by atoms with E-state index in [9.17, 15) is 26.7 Å². The number of ether oxygens (including phenoxy) is 1. The molecule has 190 valence electrons. The molecule has 3 atom stereocenters. The third-order valence-corrected chi connectivity index (χ3v) is 8.71. The van der Waals surface area contributed by atoms with Gasteiger partial charge in [0.15, 0.2) is 0 Å². The maximum atomic E-state index is 13.0. The Kier molecular flexibility index (Phi) is 6.57. The van der Waals surface area contributed by atoms with Crippen molar-refractivity contribution in [3.05, 3.63) is 95.1 Å². The fourth-order valence-corrected chi connectivity index (χ4v) is 6.91. The van der Waals surface area contributed by atoms with Gasteiger partial charge in [0.2, 0.25) is 10.0 Å². The van der Waals surface area contributed by atoms with Crippen LogP contribution in [0.1, 0.15) is 41.0 Å². The highest BCUT2D eigenvalue weighted by atomic mass is 32.2. The van der Waals surface area contributed by atoms with Crippen LogP contribution in [0.2, 0.25) is 0 Å². The Morgan fingerprint density at radius 3 is 1.94 bits per heavy atom. The molecule has 0 spiro atoms. The van der Waals surface area contributed by atoms with Crippen molar-refractivity contribution in [2.24, 2.45) is 5.92 Å². The number of hydrogen-bond acceptors (Lipinski definition) is 4. The van der Waals surface area contributed by atoms with Crippen molar-refractivity contribution >= 4 is 10.0 Å². The summed E-state index contributed by atoms with van der Waals surface area (Å²) in [5.41, 5.74) is 4.79. The second kappa shape index (κ2) is 9.53. The number of hydrogen-bond donors (Lipinski definition) is 2. The summed E-state index contributed by atoms with van der Waals surface area (Å²) in [5.74, 6) is -0.767. The molecule has 0 heterocycles. The van der Waals surface area contributed by atoms with Crippen molar-refractivity contribution < 1.29 is 31.4 Å². The fraction of sp³-hybridized carbons (Fsp3) is 0.333. The van der Waals surface area contributed by atoms with Crippen LogP contribution >= 0.6 is 0 Å². The molecule has 2 N–H and O–H groups in total. The number of aliphatic hydroxyl groups is 1. The summed E-state index contributed by atoms with van der Waals surface area (Å²) < 4.78 is 69.6. The summed E-state index contributed by atoms with van der Waals surface area (Å²) >= 11 is 0. The minimum absolute atomic E-state index is 0.0665. The predicted octanol–water partition coefficient (Wildman–Crippen LogP) is 4.93. The van der Waals surface area contributed by atoms with Crippen molar-refractivity contribution in [2.75, 3.05) is 0 Å². The Bertz CT molecular complexity index is 1290. The molecule has 3 aromatic rings. The van der Waals surface area contributed by atoms with E-state index in [4.69, 9.17) is 0 Å². The Morgan fingerprint density at radius 1 is 0.833 bits per heavy atom. The van der Waals surface area contributed by atoms with Gasteiger partial charge in [-0.05, 0) is 78.1 Å². The molecule has 1 fully saturated rings. The molecule has 0 aromatic heterocycles. The summed E-state index contributed by atoms with van der Waals surface area (Å²) in [6.07, 6.45) is -2.93. The molecule has 0 aliphatic heterocycles. The van der Waals surface area contributed by atoms with Crippen molar-refractivity contribution in [2.45, 2.75) is 55.0 Å². The first-order valence-corrected chi connectivity index (χ1v) is 13.3. The van der Waals surface area contributed by atoms with Gasteiger partial charge in [-0.2, -0.15) is 0 Å². The lowest BCUT2D eigenvalue weighted by atomic mass is 9.77. The average Bonchev–Trinajstić information content (AvgIpc) is 3.08. The van der Waals surface area contributed by atoms with Crippen LogP contribution in [0.3, 0.4) is 0 Å². The second-order valence-corrected chi connectivity index (χ2v) is 11.1. The number of rotatable bonds is 5. The highest BCUT2D eigenvalue weighted by molar-refractivity contribution is 7.89. The average molecular weight is 518 g/mol. The minimum atomic E-state index is -4.86. The molecule has 5 nitrogen and oxygen atoms in total. The Morgan fingerprint density at radius 2 is 1.39 bits per heavy atom. The van der Waals surface area contributed by atoms with E-state index in [0.717, 1.165) is 48.2 Å². The number of sulfonamides is 1. The molecule has 0 amide bonds. The first-order chi connectivity index (χ1) is 17.1. The summed E-state index contributed by atoms with van der Waals surface area (Å²) in [7, 11) is -4.07. The molecule has 0 saturated heterocycles. The molecule has 2 unspecified atom stereocenters. The SMILES string of the molecule is O=S(=O)(NC1CCC(C2c3ccccc3CCc3ccccc32)[C@H]1O)c1ccc(OC(F)(F)F)cc1. The van der Waals surface area contributed by atoms with Crippen molar-refractivity contribution in [3.8, 4) is 5.75 Å². The Hall–Kier alpha value is -2.88. The highest BCUT2D eigenvalue weighted by Crippen LogP contribution is 2.45. The molecule has 0 bridgehead atoms. The molecular formula is C27H26F3NO4S. The van der Waals surface area contributed by atoms with E-state index in [0.29, 0.717) is 12.8 Å². The van der Waals surface area contributed by atoms with E-state index in [-0.39, 0.29) is 16.7 Å². The van der Waals surface area contributed by atoms with Crippen LogP contribution in [-0.4, -0.2) is 32.0 Å². The van der Waals surface area contributed by atoms with Crippen LogP contribution in [0.5, 0.6) is 5.75 Å². The lowest BCUT2D eigenvalue weighted by molar-refractivity contribution is -0.274. The topological polar surface area (TPSA) is 75.6 Å². The van der Waals surface area contributed by atoms with Crippen molar-refractivity contribution in [1.29, 1.82) is 0 Å². The zero-order valence-electron chi connectivity index (χ0n) is 19.3. The fourth-order valence-electron chi connectivity index (χ4n) is 5.62. The second-order valence-electron chi connectivity index (χ2n) is 9.35. The van der Waals surface area contributed by atoms with Crippen LogP contribution in [0.25, 0.3) is 0 Å². The molecule has 5 rings (SSSR count). The molecule has 1 saturated carbocycles. The zero-order valence-corrected chi connectivity index (χ0v) is 20.1. The quantitative estimate of drug-likeness (QED) is 0.503. The lowest BCUT2D eigenvalue weighted by Crippen LogP contribution is -2.42. The first kappa shape index (κ1) is 24.8. The minimum Gasteiger partial charge on any atom is -0.406 e. The van der Waals surface area contributed by atoms with Gasteiger partial charge in [-0.25, -0.2) is 13.1 Å². The first-order valence-electron chi connectivity index (χ1n) is 11.8. The van der Waals surface area contributed by atoms with E-state index >= 15 is 0 Å². The zero-order chi connectivity index (χ0) is 25.5. The van der Waals surface area contributed by atoms with E-state index in [1.54, 1.807) is 0 Å². The molecule has 9 heteroatoms. The van der Waals surface area contributed by atoms with Crippen LogP contribution in [0, 0.1) is 5.92 Å². The number of aliphatic hydroxyl groups excluding tert-OH is 1. The predicted molar refractivity (Wildman–Crippen MR) is 128 cm³/mol. The van der Waals surface area contributed by atoms with E-state index in [2.05, 4.69) is 33.7 Å². The number of fused-ring (bicyclic) bond motifs is 2. The number of alkyl halides is 3. The van der Waals surface area contributed by atoms with Gasteiger partial charge in [0.05, 0.1) is 11.0 Å². The van der Waals surface area contributed by atoms with Crippen LogP contribution in [0.15, 0.2) is 77.7 Å². The summed E-state index contributed by atoms with van der Waals surface area (Å²) in [5, 5.41) is 11.4. The third-order valence-electron chi connectivity index (χ3n) is 7.21. The lowest BCUT2D eigenvalue weighted by Gasteiger charge is -2.30. The van der Waals surface area contributed by atoms with Gasteiger partial charge in [-0.1, -0.05) is 48.5 Å². The standard InChI is InChI=1S/C27H26F3NO4S/c28-27(29,30)35-19-11-13-20(14-12-19)36(33,34)31-24-16-15-23(26(24)32)25-21-7-3-1-5-17(21)9-10-18-6-2-4-8-22(18)25/h1-8,11-14,23-26,31-32H,9-10,15-16H2/t23?,24?,26-/m1/s1. The molecule has 36 heavy (non-hydrogen) atoms. The number of nitrogens with one attached hydrogen (secondary N) is 1. The van der Waals surface area contributed by atoms with Crippen LogP contribution in [0.4, 0.5) is 13.2 Å². The number of halogens is 3. The van der Waals surface area contributed by atoms with E-state index in [1.165, 1.54) is 11.1 Å². The maximum absolute atomic E-state index is 13.0. The summed E-state index contributed by atoms with van der Waals surface area (Å²) in [4.78, 5) is -0.196. The van der Waals surface area contributed by atoms with Gasteiger partial charge in [-0.3, -0.25) is 0 Å². The monoisotopic (exact) mass is 517 g/mol. The Labute approximate surface area is 208 Å². The van der Waals surface area contributed by atoms with Crippen molar-refractivity contribution in [1.82, 2.24) is 4.72 Å². The summed E-state index contributed by atoms with van der Waals surface area (Å²) in [6, 6.07) is 19.7. The highest BCUT2D eigenvalue weighted by Gasteiger charge is 2.43. The van der Waals surface area contributed by atoms with Gasteiger partial charge in [0.1, 0.15) is 5.75 Å². The number of aryl methyl sites for hydroxylation is 2. The smallest absolute Gasteiger partial charge is 0.406 e. The van der Waals surface area contributed by atoms with Crippen LogP contribution in [-0.2, 0) is 22.9 Å². The van der Waals surface area contributed by atoms with Gasteiger partial charge in [0.25, 0.3) is 0 Å². The maximum Gasteiger partial charge on any atom is 0.573 e. The third kappa shape index (κ3) is 5.00. The van der Waals surface area contributed by atoms with Gasteiger partial charge >= 0.3 is 6.36 Å². The van der Waals surface area contributed by atoms with E-state index in [1.807, 2.05) is 24.3 Å². The largest absolute Gasteiger partial charge is 0.573 e. The molecular weight excluding hydrogens is 491 g/mol. The van der Waals surface area contributed by atoms with E-state index < -0.39 is 34.3 Å². The van der Waals surface area contributed by atoms with Gasteiger partial charge < -0.3 is 9.84 Å². The molecule has 2 aliphatic rings. The van der Waals surface area contributed by atoms with Crippen LogP contribution < -0.4 is 9.46 Å². The Balaban J connectivity index is 1.39. The van der Waals surface area contributed by atoms with Crippen molar-refractivity contribution in [3.63, 3.8) is 0 Å². The molecule has 2 aliphatic carbocycles. The number of benzene rings is 3. The molecule has 0 radical (unpaired) electrons. The summed E-state index contributed by atoms with van der Waals surface area (Å²) in [6.45, 7) is 0.